The topological polar surface area (TPSA) is 71.3 Å². The second-order valence-electron chi connectivity index (χ2n) is 6.23. The van der Waals surface area contributed by atoms with Crippen LogP contribution in [0.25, 0.3) is 10.2 Å². The van der Waals surface area contributed by atoms with E-state index in [-0.39, 0.29) is 5.91 Å². The van der Waals surface area contributed by atoms with Crippen LogP contribution in [0.2, 0.25) is 0 Å². The number of carbonyl (C=O) groups is 1. The number of likely N-dealkylation sites (tertiary alicyclic amines) is 1. The van der Waals surface area contributed by atoms with Crippen molar-refractivity contribution in [2.45, 2.75) is 32.2 Å². The van der Waals surface area contributed by atoms with Crippen molar-refractivity contribution in [3.05, 3.63) is 41.4 Å². The van der Waals surface area contributed by atoms with E-state index in [1.165, 1.54) is 17.4 Å². The highest BCUT2D eigenvalue weighted by Gasteiger charge is 2.24. The summed E-state index contributed by atoms with van der Waals surface area (Å²) >= 11 is 1.72. The number of piperidine rings is 1. The van der Waals surface area contributed by atoms with Gasteiger partial charge in [-0.1, -0.05) is 6.92 Å². The molecular weight excluding hydrogens is 336 g/mol. The third kappa shape index (κ3) is 3.24. The molecule has 1 saturated heterocycles. The Morgan fingerprint density at radius 2 is 2.24 bits per heavy atom. The third-order valence-corrected chi connectivity index (χ3v) is 5.81. The van der Waals surface area contributed by atoms with Gasteiger partial charge in [0.05, 0.1) is 17.2 Å². The van der Waals surface area contributed by atoms with E-state index < -0.39 is 0 Å². The van der Waals surface area contributed by atoms with Gasteiger partial charge in [-0.3, -0.25) is 4.79 Å². The Bertz CT molecular complexity index is 866. The van der Waals surface area contributed by atoms with Crippen molar-refractivity contribution < 1.29 is 9.21 Å². The third-order valence-electron chi connectivity index (χ3n) is 4.62. The summed E-state index contributed by atoms with van der Waals surface area (Å²) < 4.78 is 5.01. The van der Waals surface area contributed by atoms with Gasteiger partial charge in [-0.2, -0.15) is 0 Å². The molecule has 4 rings (SSSR count). The van der Waals surface area contributed by atoms with Crippen molar-refractivity contribution in [3.63, 3.8) is 0 Å². The van der Waals surface area contributed by atoms with Gasteiger partial charge in [-0.25, -0.2) is 9.97 Å². The van der Waals surface area contributed by atoms with Crippen molar-refractivity contribution in [2.24, 2.45) is 0 Å². The number of furan rings is 1. The van der Waals surface area contributed by atoms with Gasteiger partial charge in [-0.05, 0) is 31.4 Å². The zero-order valence-corrected chi connectivity index (χ0v) is 14.9. The van der Waals surface area contributed by atoms with Gasteiger partial charge < -0.3 is 14.6 Å². The molecule has 1 fully saturated rings. The van der Waals surface area contributed by atoms with E-state index in [1.54, 1.807) is 23.7 Å². The molecule has 0 aromatic carbocycles. The van der Waals surface area contributed by atoms with Crippen LogP contribution in [0.3, 0.4) is 0 Å². The number of nitrogens with one attached hydrogen (secondary N) is 1. The van der Waals surface area contributed by atoms with Crippen LogP contribution in [0.4, 0.5) is 5.82 Å². The number of fused-ring (bicyclic) bond motifs is 1. The van der Waals surface area contributed by atoms with Gasteiger partial charge in [0.25, 0.3) is 5.91 Å². The highest BCUT2D eigenvalue weighted by molar-refractivity contribution is 7.18. The van der Waals surface area contributed by atoms with Crippen LogP contribution in [0.5, 0.6) is 0 Å². The highest BCUT2D eigenvalue weighted by Crippen LogP contribution is 2.29. The quantitative estimate of drug-likeness (QED) is 0.774. The molecule has 0 unspecified atom stereocenters. The van der Waals surface area contributed by atoms with Crippen molar-refractivity contribution >= 4 is 33.3 Å². The van der Waals surface area contributed by atoms with Gasteiger partial charge in [0.1, 0.15) is 23.2 Å². The molecule has 0 radical (unpaired) electrons. The molecule has 6 nitrogen and oxygen atoms in total. The molecule has 130 valence electrons. The summed E-state index contributed by atoms with van der Waals surface area (Å²) in [6.45, 7) is 3.62. The monoisotopic (exact) mass is 356 g/mol. The van der Waals surface area contributed by atoms with E-state index in [0.717, 1.165) is 48.4 Å². The maximum atomic E-state index is 12.4. The molecule has 0 spiro atoms. The largest absolute Gasteiger partial charge is 0.472 e. The first-order valence-electron chi connectivity index (χ1n) is 8.56. The minimum absolute atomic E-state index is 0.0436. The number of aromatic nitrogens is 2. The predicted octanol–water partition coefficient (Wildman–Crippen LogP) is 3.56. The fraction of sp³-hybridized carbons (Fsp3) is 0.389. The second kappa shape index (κ2) is 6.84. The standard InChI is InChI=1S/C18H20N4O2S/c1-2-14-9-15-16(19-11-20-17(15)25-14)21-13-3-6-22(7-4-13)18(23)12-5-8-24-10-12/h5,8-11,13H,2-4,6-7H2,1H3,(H,19,20,21). The van der Waals surface area contributed by atoms with E-state index in [1.807, 2.05) is 4.90 Å². The van der Waals surface area contributed by atoms with Crippen LogP contribution < -0.4 is 5.32 Å². The lowest BCUT2D eigenvalue weighted by atomic mass is 10.0. The number of rotatable bonds is 4. The van der Waals surface area contributed by atoms with Gasteiger partial charge in [-0.15, -0.1) is 11.3 Å². The number of aryl methyl sites for hydroxylation is 1. The summed E-state index contributed by atoms with van der Waals surface area (Å²) in [5.41, 5.74) is 0.620. The van der Waals surface area contributed by atoms with Crippen LogP contribution in [0.15, 0.2) is 35.4 Å². The molecule has 1 aliphatic rings. The number of anilines is 1. The second-order valence-corrected chi connectivity index (χ2v) is 7.35. The lowest BCUT2D eigenvalue weighted by Gasteiger charge is -2.32. The summed E-state index contributed by atoms with van der Waals surface area (Å²) in [6, 6.07) is 4.21. The Morgan fingerprint density at radius 1 is 1.40 bits per heavy atom. The molecule has 3 aromatic heterocycles. The minimum atomic E-state index is 0.0436. The fourth-order valence-electron chi connectivity index (χ4n) is 3.18. The smallest absolute Gasteiger partial charge is 0.257 e. The van der Waals surface area contributed by atoms with Crippen molar-refractivity contribution in [1.82, 2.24) is 14.9 Å². The molecule has 1 aliphatic heterocycles. The van der Waals surface area contributed by atoms with Gasteiger partial charge >= 0.3 is 0 Å². The Kier molecular flexibility index (Phi) is 4.40. The predicted molar refractivity (Wildman–Crippen MR) is 98.0 cm³/mol. The number of hydrogen-bond acceptors (Lipinski definition) is 6. The van der Waals surface area contributed by atoms with Crippen LogP contribution in [0.1, 0.15) is 35.0 Å². The summed E-state index contributed by atoms with van der Waals surface area (Å²) in [7, 11) is 0. The molecule has 0 atom stereocenters. The fourth-order valence-corrected chi connectivity index (χ4v) is 4.12. The first-order valence-corrected chi connectivity index (χ1v) is 9.37. The number of thiophene rings is 1. The molecule has 1 N–H and O–H groups in total. The molecule has 25 heavy (non-hydrogen) atoms. The van der Waals surface area contributed by atoms with Crippen LogP contribution in [-0.4, -0.2) is 39.9 Å². The van der Waals surface area contributed by atoms with Crippen LogP contribution in [-0.2, 0) is 6.42 Å². The molecule has 3 aromatic rings. The van der Waals surface area contributed by atoms with Gasteiger partial charge in [0.15, 0.2) is 0 Å². The number of amides is 1. The van der Waals surface area contributed by atoms with Crippen molar-refractivity contribution in [1.29, 1.82) is 0 Å². The van der Waals surface area contributed by atoms with Gasteiger partial charge in [0, 0.05) is 24.0 Å². The normalized spacial score (nSPS) is 15.6. The van der Waals surface area contributed by atoms with E-state index in [2.05, 4.69) is 28.3 Å². The average Bonchev–Trinajstić information content (AvgIpc) is 3.32. The van der Waals surface area contributed by atoms with E-state index in [4.69, 9.17) is 4.42 Å². The van der Waals surface area contributed by atoms with Crippen molar-refractivity contribution in [3.8, 4) is 0 Å². The maximum absolute atomic E-state index is 12.4. The minimum Gasteiger partial charge on any atom is -0.472 e. The molecule has 0 aliphatic carbocycles. The first kappa shape index (κ1) is 16.1. The molecule has 4 heterocycles. The SMILES string of the molecule is CCc1cc2c(NC3CCN(C(=O)c4ccoc4)CC3)ncnc2s1. The lowest BCUT2D eigenvalue weighted by molar-refractivity contribution is 0.0717. The number of hydrogen-bond donors (Lipinski definition) is 1. The molecule has 1 amide bonds. The summed E-state index contributed by atoms with van der Waals surface area (Å²) in [4.78, 5) is 25.4. The molecule has 7 heteroatoms. The van der Waals surface area contributed by atoms with E-state index in [0.29, 0.717) is 11.6 Å². The van der Waals surface area contributed by atoms with Crippen LogP contribution >= 0.6 is 11.3 Å². The number of nitrogens with zero attached hydrogens (tertiary/aromatic N) is 3. The Hall–Kier alpha value is -2.41. The van der Waals surface area contributed by atoms with Gasteiger partial charge in [0.2, 0.25) is 0 Å². The zero-order chi connectivity index (χ0) is 17.2. The molecular formula is C18H20N4O2S. The van der Waals surface area contributed by atoms with Crippen LogP contribution in [0, 0.1) is 0 Å². The summed E-state index contributed by atoms with van der Waals surface area (Å²) in [5.74, 6) is 0.947. The molecule has 0 bridgehead atoms. The Morgan fingerprint density at radius 3 is 2.96 bits per heavy atom. The number of carbonyl (C=O) groups excluding carboxylic acids is 1. The Labute approximate surface area is 149 Å². The zero-order valence-electron chi connectivity index (χ0n) is 14.1. The Balaban J connectivity index is 1.42. The maximum Gasteiger partial charge on any atom is 0.257 e. The highest BCUT2D eigenvalue weighted by atomic mass is 32.1. The first-order chi connectivity index (χ1) is 12.2. The summed E-state index contributed by atoms with van der Waals surface area (Å²) in [6.07, 6.45) is 7.48. The van der Waals surface area contributed by atoms with E-state index in [9.17, 15) is 4.79 Å². The van der Waals surface area contributed by atoms with Crippen molar-refractivity contribution in [2.75, 3.05) is 18.4 Å². The van der Waals surface area contributed by atoms with E-state index >= 15 is 0 Å². The summed E-state index contributed by atoms with van der Waals surface area (Å²) in [5, 5.41) is 4.65. The average molecular weight is 356 g/mol. The lowest BCUT2D eigenvalue weighted by Crippen LogP contribution is -2.42. The molecule has 0 saturated carbocycles.